The first-order valence-corrected chi connectivity index (χ1v) is 4.46. The second-order valence-electron chi connectivity index (χ2n) is 3.16. The van der Waals surface area contributed by atoms with Gasteiger partial charge in [-0.25, -0.2) is 0 Å². The number of primary amides is 1. The van der Waals surface area contributed by atoms with Crippen LogP contribution in [0.1, 0.15) is 16.1 Å². The van der Waals surface area contributed by atoms with E-state index in [1.165, 1.54) is 4.80 Å². The first kappa shape index (κ1) is 9.39. The summed E-state index contributed by atoms with van der Waals surface area (Å²) in [5.74, 6) is -0.486. The van der Waals surface area contributed by atoms with Crippen LogP contribution >= 0.6 is 0 Å². The van der Waals surface area contributed by atoms with Gasteiger partial charge in [0, 0.05) is 0 Å². The zero-order valence-corrected chi connectivity index (χ0v) is 8.21. The molecule has 0 saturated heterocycles. The second-order valence-corrected chi connectivity index (χ2v) is 3.16. The topological polar surface area (TPSA) is 73.8 Å². The highest BCUT2D eigenvalue weighted by molar-refractivity contribution is 5.96. The van der Waals surface area contributed by atoms with Crippen LogP contribution in [0.15, 0.2) is 30.5 Å². The number of aromatic nitrogens is 3. The van der Waals surface area contributed by atoms with E-state index in [0.29, 0.717) is 11.3 Å². The number of rotatable bonds is 2. The van der Waals surface area contributed by atoms with E-state index in [0.717, 1.165) is 5.69 Å². The van der Waals surface area contributed by atoms with Crippen molar-refractivity contribution in [3.63, 3.8) is 0 Å². The molecule has 2 aromatic rings. The molecule has 5 heteroatoms. The molecule has 76 valence electrons. The van der Waals surface area contributed by atoms with Gasteiger partial charge in [0.05, 0.1) is 23.1 Å². The van der Waals surface area contributed by atoms with Crippen molar-refractivity contribution in [2.75, 3.05) is 0 Å². The quantitative estimate of drug-likeness (QED) is 0.778. The number of carbonyl (C=O) groups is 1. The number of para-hydroxylation sites is 1. The van der Waals surface area contributed by atoms with E-state index in [1.54, 1.807) is 30.5 Å². The fourth-order valence-corrected chi connectivity index (χ4v) is 1.31. The second kappa shape index (κ2) is 3.53. The molecule has 0 spiro atoms. The van der Waals surface area contributed by atoms with Gasteiger partial charge in [-0.3, -0.25) is 4.79 Å². The predicted octanol–water partition coefficient (Wildman–Crippen LogP) is 0.675. The molecule has 0 atom stereocenters. The van der Waals surface area contributed by atoms with Crippen molar-refractivity contribution in [1.29, 1.82) is 0 Å². The van der Waals surface area contributed by atoms with Crippen LogP contribution in [0.3, 0.4) is 0 Å². The summed E-state index contributed by atoms with van der Waals surface area (Å²) in [5, 5.41) is 8.15. The molecular weight excluding hydrogens is 192 g/mol. The molecule has 1 aromatic heterocycles. The number of nitrogens with two attached hydrogens (primary N) is 1. The van der Waals surface area contributed by atoms with E-state index in [1.807, 2.05) is 6.92 Å². The van der Waals surface area contributed by atoms with Crippen LogP contribution in [0.2, 0.25) is 0 Å². The number of hydrogen-bond acceptors (Lipinski definition) is 3. The number of amides is 1. The van der Waals surface area contributed by atoms with Crippen molar-refractivity contribution in [3.05, 3.63) is 41.7 Å². The summed E-state index contributed by atoms with van der Waals surface area (Å²) in [5.41, 5.74) is 7.04. The minimum absolute atomic E-state index is 0.410. The molecule has 0 aliphatic rings. The van der Waals surface area contributed by atoms with Gasteiger partial charge in [-0.2, -0.15) is 15.0 Å². The van der Waals surface area contributed by atoms with Crippen LogP contribution in [-0.4, -0.2) is 20.9 Å². The zero-order valence-electron chi connectivity index (χ0n) is 8.21. The SMILES string of the molecule is Cc1cnn(-c2ccccc2C(N)=O)n1. The summed E-state index contributed by atoms with van der Waals surface area (Å²) in [7, 11) is 0. The van der Waals surface area contributed by atoms with Crippen molar-refractivity contribution < 1.29 is 4.79 Å². The number of hydrogen-bond donors (Lipinski definition) is 1. The van der Waals surface area contributed by atoms with E-state index in [2.05, 4.69) is 10.2 Å². The number of aryl methyl sites for hydroxylation is 1. The first-order valence-electron chi connectivity index (χ1n) is 4.46. The standard InChI is InChI=1S/C10H10N4O/c1-7-6-12-14(13-7)9-5-3-2-4-8(9)10(11)15/h2-6H,1H3,(H2,11,15). The maximum absolute atomic E-state index is 11.2. The molecule has 0 aliphatic carbocycles. The molecule has 2 N–H and O–H groups in total. The van der Waals surface area contributed by atoms with Gasteiger partial charge in [-0.05, 0) is 19.1 Å². The lowest BCUT2D eigenvalue weighted by Crippen LogP contribution is -2.15. The van der Waals surface area contributed by atoms with Crippen molar-refractivity contribution in [3.8, 4) is 5.69 Å². The van der Waals surface area contributed by atoms with Crippen LogP contribution in [0.4, 0.5) is 0 Å². The predicted molar refractivity (Wildman–Crippen MR) is 54.6 cm³/mol. The van der Waals surface area contributed by atoms with E-state index in [4.69, 9.17) is 5.73 Å². The fourth-order valence-electron chi connectivity index (χ4n) is 1.31. The molecule has 0 radical (unpaired) electrons. The monoisotopic (exact) mass is 202 g/mol. The fraction of sp³-hybridized carbons (Fsp3) is 0.100. The van der Waals surface area contributed by atoms with Gasteiger partial charge in [-0.1, -0.05) is 12.1 Å². The van der Waals surface area contributed by atoms with Crippen molar-refractivity contribution in [2.45, 2.75) is 6.92 Å². The number of benzene rings is 1. The highest BCUT2D eigenvalue weighted by atomic mass is 16.1. The zero-order chi connectivity index (χ0) is 10.8. The Labute approximate surface area is 86.5 Å². The Morgan fingerprint density at radius 1 is 1.40 bits per heavy atom. The summed E-state index contributed by atoms with van der Waals surface area (Å²) in [6.07, 6.45) is 1.62. The van der Waals surface area contributed by atoms with E-state index in [9.17, 15) is 4.79 Å². The molecule has 0 unspecified atom stereocenters. The Bertz CT molecular complexity index is 504. The molecule has 1 heterocycles. The third-order valence-corrected chi connectivity index (χ3v) is 1.99. The van der Waals surface area contributed by atoms with Crippen molar-refractivity contribution in [2.24, 2.45) is 5.73 Å². The molecule has 0 saturated carbocycles. The largest absolute Gasteiger partial charge is 0.366 e. The van der Waals surface area contributed by atoms with Crippen molar-refractivity contribution >= 4 is 5.91 Å². The Hall–Kier alpha value is -2.17. The van der Waals surface area contributed by atoms with Gasteiger partial charge in [0.2, 0.25) is 0 Å². The first-order chi connectivity index (χ1) is 7.18. The molecule has 0 aliphatic heterocycles. The molecule has 0 fully saturated rings. The summed E-state index contributed by atoms with van der Waals surface area (Å²) >= 11 is 0. The lowest BCUT2D eigenvalue weighted by molar-refractivity contribution is 0.1000. The lowest BCUT2D eigenvalue weighted by Gasteiger charge is -2.03. The van der Waals surface area contributed by atoms with Crippen molar-refractivity contribution in [1.82, 2.24) is 15.0 Å². The average Bonchev–Trinajstić information content (AvgIpc) is 2.65. The Kier molecular flexibility index (Phi) is 2.21. The lowest BCUT2D eigenvalue weighted by atomic mass is 10.2. The maximum atomic E-state index is 11.2. The minimum Gasteiger partial charge on any atom is -0.366 e. The van der Waals surface area contributed by atoms with Gasteiger partial charge < -0.3 is 5.73 Å². The Morgan fingerprint density at radius 3 is 2.73 bits per heavy atom. The molecule has 15 heavy (non-hydrogen) atoms. The summed E-state index contributed by atoms with van der Waals surface area (Å²) in [6, 6.07) is 6.95. The van der Waals surface area contributed by atoms with E-state index in [-0.39, 0.29) is 0 Å². The van der Waals surface area contributed by atoms with E-state index < -0.39 is 5.91 Å². The van der Waals surface area contributed by atoms with Crippen LogP contribution in [0.5, 0.6) is 0 Å². The maximum Gasteiger partial charge on any atom is 0.250 e. The smallest absolute Gasteiger partial charge is 0.250 e. The third-order valence-electron chi connectivity index (χ3n) is 1.99. The highest BCUT2D eigenvalue weighted by Crippen LogP contribution is 2.11. The minimum atomic E-state index is -0.486. The number of carbonyl (C=O) groups excluding carboxylic acids is 1. The van der Waals surface area contributed by atoms with Crippen LogP contribution in [0, 0.1) is 6.92 Å². The van der Waals surface area contributed by atoms with Crippen LogP contribution in [-0.2, 0) is 0 Å². The normalized spacial score (nSPS) is 10.2. The average molecular weight is 202 g/mol. The summed E-state index contributed by atoms with van der Waals surface area (Å²) in [4.78, 5) is 12.6. The van der Waals surface area contributed by atoms with Gasteiger partial charge in [0.1, 0.15) is 0 Å². The van der Waals surface area contributed by atoms with E-state index >= 15 is 0 Å². The van der Waals surface area contributed by atoms with Gasteiger partial charge in [-0.15, -0.1) is 0 Å². The van der Waals surface area contributed by atoms with Crippen LogP contribution < -0.4 is 5.73 Å². The highest BCUT2D eigenvalue weighted by Gasteiger charge is 2.10. The van der Waals surface area contributed by atoms with Gasteiger partial charge >= 0.3 is 0 Å². The molecule has 2 rings (SSSR count). The summed E-state index contributed by atoms with van der Waals surface area (Å²) in [6.45, 7) is 1.83. The number of nitrogens with zero attached hydrogens (tertiary/aromatic N) is 3. The third kappa shape index (κ3) is 1.71. The molecule has 1 amide bonds. The molecule has 5 nitrogen and oxygen atoms in total. The van der Waals surface area contributed by atoms with Gasteiger partial charge in [0.15, 0.2) is 0 Å². The molecule has 0 bridgehead atoms. The molecular formula is C10H10N4O. The van der Waals surface area contributed by atoms with Crippen LogP contribution in [0.25, 0.3) is 5.69 Å². The summed E-state index contributed by atoms with van der Waals surface area (Å²) < 4.78 is 0. The Morgan fingerprint density at radius 2 is 2.13 bits per heavy atom. The molecule has 1 aromatic carbocycles. The Balaban J connectivity index is 2.57. The van der Waals surface area contributed by atoms with Gasteiger partial charge in [0.25, 0.3) is 5.91 Å².